The largest absolute Gasteiger partial charge is 0.416 e. The van der Waals surface area contributed by atoms with E-state index in [4.69, 9.17) is 9.94 Å². The Hall–Kier alpha value is -1.56. The van der Waals surface area contributed by atoms with E-state index in [2.05, 4.69) is 5.16 Å². The number of oxime groups is 1. The highest BCUT2D eigenvalue weighted by molar-refractivity contribution is 5.84. The molecule has 6 heteroatoms. The molecule has 1 fully saturated rings. The van der Waals surface area contributed by atoms with Crippen LogP contribution in [-0.2, 0) is 16.5 Å². The first-order valence-electron chi connectivity index (χ1n) is 7.43. The third-order valence-corrected chi connectivity index (χ3v) is 4.10. The van der Waals surface area contributed by atoms with Gasteiger partial charge in [-0.3, -0.25) is 0 Å². The van der Waals surface area contributed by atoms with Gasteiger partial charge in [0.25, 0.3) is 0 Å². The van der Waals surface area contributed by atoms with Gasteiger partial charge in [-0.2, -0.15) is 13.2 Å². The summed E-state index contributed by atoms with van der Waals surface area (Å²) in [6, 6.07) is 5.20. The zero-order chi connectivity index (χ0) is 16.2. The first-order valence-corrected chi connectivity index (χ1v) is 7.43. The Bertz CT molecular complexity index is 513. The first-order chi connectivity index (χ1) is 10.4. The number of benzene rings is 1. The van der Waals surface area contributed by atoms with E-state index in [0.29, 0.717) is 38.0 Å². The monoisotopic (exact) mass is 315 g/mol. The second kappa shape index (κ2) is 6.69. The molecule has 1 aliphatic rings. The van der Waals surface area contributed by atoms with Crippen molar-refractivity contribution >= 4 is 5.71 Å². The van der Waals surface area contributed by atoms with Gasteiger partial charge in [-0.15, -0.1) is 0 Å². The zero-order valence-electron chi connectivity index (χ0n) is 12.5. The molecule has 0 atom stereocenters. The van der Waals surface area contributed by atoms with Crippen molar-refractivity contribution in [2.75, 3.05) is 6.61 Å². The van der Waals surface area contributed by atoms with Crippen LogP contribution >= 0.6 is 0 Å². The molecule has 0 amide bonds. The summed E-state index contributed by atoms with van der Waals surface area (Å²) in [6.07, 6.45) is -1.11. The predicted molar refractivity (Wildman–Crippen MR) is 77.1 cm³/mol. The van der Waals surface area contributed by atoms with E-state index < -0.39 is 17.3 Å². The van der Waals surface area contributed by atoms with Gasteiger partial charge < -0.3 is 9.94 Å². The molecule has 1 aromatic carbocycles. The molecule has 1 aromatic rings. The van der Waals surface area contributed by atoms with Crippen molar-refractivity contribution in [1.29, 1.82) is 0 Å². The Kier molecular flexibility index (Phi) is 5.11. The number of rotatable bonds is 4. The molecule has 3 nitrogen and oxygen atoms in total. The second-order valence-corrected chi connectivity index (χ2v) is 5.58. The third-order valence-electron chi connectivity index (χ3n) is 4.10. The molecule has 0 bridgehead atoms. The molecule has 0 saturated heterocycles. The molecular formula is C16H20F3NO2. The van der Waals surface area contributed by atoms with Crippen molar-refractivity contribution in [3.63, 3.8) is 0 Å². The molecule has 1 N–H and O–H groups in total. The van der Waals surface area contributed by atoms with Crippen LogP contribution in [0, 0.1) is 0 Å². The molecule has 22 heavy (non-hydrogen) atoms. The van der Waals surface area contributed by atoms with Crippen molar-refractivity contribution in [2.45, 2.75) is 50.8 Å². The van der Waals surface area contributed by atoms with Gasteiger partial charge in [0, 0.05) is 6.61 Å². The molecular weight excluding hydrogens is 295 g/mol. The fourth-order valence-electron chi connectivity index (χ4n) is 2.82. The number of hydrogen-bond acceptors (Lipinski definition) is 3. The highest BCUT2D eigenvalue weighted by Crippen LogP contribution is 2.41. The van der Waals surface area contributed by atoms with E-state index >= 15 is 0 Å². The van der Waals surface area contributed by atoms with Crippen LogP contribution in [0.1, 0.15) is 50.2 Å². The Morgan fingerprint density at radius 1 is 1.18 bits per heavy atom. The molecule has 0 aromatic heterocycles. The number of nitrogens with zero attached hydrogens (tertiary/aromatic N) is 1. The fourth-order valence-corrected chi connectivity index (χ4v) is 2.82. The van der Waals surface area contributed by atoms with Gasteiger partial charge in [0.15, 0.2) is 0 Å². The third kappa shape index (κ3) is 3.61. The van der Waals surface area contributed by atoms with Crippen LogP contribution in [0.15, 0.2) is 29.4 Å². The normalized spacial score (nSPS) is 22.6. The van der Waals surface area contributed by atoms with Crippen molar-refractivity contribution < 1.29 is 23.1 Å². The summed E-state index contributed by atoms with van der Waals surface area (Å²) in [5.74, 6) is 0. The standard InChI is InChI=1S/C16H20F3NO2/c1-2-11-22-15(9-7-14(20-21)8-10-15)12-3-5-13(6-4-12)16(17,18)19/h3-6,21H,2,7-11H2,1H3. The fraction of sp³-hybridized carbons (Fsp3) is 0.562. The van der Waals surface area contributed by atoms with Gasteiger partial charge in [-0.25, -0.2) is 0 Å². The van der Waals surface area contributed by atoms with Crippen LogP contribution in [0.5, 0.6) is 0 Å². The summed E-state index contributed by atoms with van der Waals surface area (Å²) in [5.41, 5.74) is 0.220. The summed E-state index contributed by atoms with van der Waals surface area (Å²) < 4.78 is 44.1. The summed E-state index contributed by atoms with van der Waals surface area (Å²) >= 11 is 0. The minimum atomic E-state index is -4.33. The molecule has 0 radical (unpaired) electrons. The van der Waals surface area contributed by atoms with Crippen LogP contribution < -0.4 is 0 Å². The highest BCUT2D eigenvalue weighted by atomic mass is 19.4. The van der Waals surface area contributed by atoms with Gasteiger partial charge in [-0.05, 0) is 49.8 Å². The van der Waals surface area contributed by atoms with E-state index in [9.17, 15) is 13.2 Å². The number of alkyl halides is 3. The smallest absolute Gasteiger partial charge is 0.411 e. The van der Waals surface area contributed by atoms with Crippen LogP contribution in [0.3, 0.4) is 0 Å². The first kappa shape index (κ1) is 16.8. The van der Waals surface area contributed by atoms with Gasteiger partial charge >= 0.3 is 6.18 Å². The summed E-state index contributed by atoms with van der Waals surface area (Å²) in [6.45, 7) is 2.54. The maximum Gasteiger partial charge on any atom is 0.416 e. The predicted octanol–water partition coefficient (Wildman–Crippen LogP) is 4.73. The highest BCUT2D eigenvalue weighted by Gasteiger charge is 2.38. The maximum atomic E-state index is 12.7. The van der Waals surface area contributed by atoms with E-state index in [-0.39, 0.29) is 0 Å². The molecule has 0 aliphatic heterocycles. The molecule has 1 saturated carbocycles. The van der Waals surface area contributed by atoms with Crippen molar-refractivity contribution in [3.05, 3.63) is 35.4 Å². The molecule has 1 aliphatic carbocycles. The van der Waals surface area contributed by atoms with Gasteiger partial charge in [0.2, 0.25) is 0 Å². The maximum absolute atomic E-state index is 12.7. The van der Waals surface area contributed by atoms with Crippen LogP contribution in [-0.4, -0.2) is 17.5 Å². The van der Waals surface area contributed by atoms with E-state index in [1.54, 1.807) is 0 Å². The number of ether oxygens (including phenoxy) is 1. The van der Waals surface area contributed by atoms with Crippen molar-refractivity contribution in [2.24, 2.45) is 5.16 Å². The summed E-state index contributed by atoms with van der Waals surface area (Å²) in [5, 5.41) is 12.1. The number of halogens is 3. The lowest BCUT2D eigenvalue weighted by Crippen LogP contribution is -2.35. The van der Waals surface area contributed by atoms with Crippen molar-refractivity contribution in [3.8, 4) is 0 Å². The van der Waals surface area contributed by atoms with E-state index in [0.717, 1.165) is 24.1 Å². The molecule has 122 valence electrons. The SMILES string of the molecule is CCCOC1(c2ccc(C(F)(F)F)cc2)CCC(=NO)CC1. The molecule has 2 rings (SSSR count). The molecule has 0 spiro atoms. The topological polar surface area (TPSA) is 41.8 Å². The minimum absolute atomic E-state index is 0.548. The average molecular weight is 315 g/mol. The Labute approximate surface area is 127 Å². The average Bonchev–Trinajstić information content (AvgIpc) is 2.53. The van der Waals surface area contributed by atoms with E-state index in [1.807, 2.05) is 6.92 Å². The Morgan fingerprint density at radius 3 is 2.23 bits per heavy atom. The Balaban J connectivity index is 2.26. The van der Waals surface area contributed by atoms with Crippen LogP contribution in [0.4, 0.5) is 13.2 Å². The van der Waals surface area contributed by atoms with Gasteiger partial charge in [0.1, 0.15) is 0 Å². The van der Waals surface area contributed by atoms with Crippen molar-refractivity contribution in [1.82, 2.24) is 0 Å². The molecule has 0 heterocycles. The quantitative estimate of drug-likeness (QED) is 0.644. The summed E-state index contributed by atoms with van der Waals surface area (Å²) in [4.78, 5) is 0. The zero-order valence-corrected chi connectivity index (χ0v) is 12.5. The second-order valence-electron chi connectivity index (χ2n) is 5.58. The van der Waals surface area contributed by atoms with Gasteiger partial charge in [-0.1, -0.05) is 24.2 Å². The number of hydrogen-bond donors (Lipinski definition) is 1. The summed E-state index contributed by atoms with van der Waals surface area (Å²) in [7, 11) is 0. The lowest BCUT2D eigenvalue weighted by atomic mass is 9.78. The van der Waals surface area contributed by atoms with E-state index in [1.165, 1.54) is 12.1 Å². The van der Waals surface area contributed by atoms with Crippen LogP contribution in [0.2, 0.25) is 0 Å². The minimum Gasteiger partial charge on any atom is -0.411 e. The van der Waals surface area contributed by atoms with Crippen LogP contribution in [0.25, 0.3) is 0 Å². The molecule has 0 unspecified atom stereocenters. The Morgan fingerprint density at radius 2 is 1.77 bits per heavy atom. The van der Waals surface area contributed by atoms with Gasteiger partial charge in [0.05, 0.1) is 16.9 Å². The lowest BCUT2D eigenvalue weighted by Gasteiger charge is -2.38. The lowest BCUT2D eigenvalue weighted by molar-refractivity contribution is -0.137.